The Morgan fingerprint density at radius 3 is 1.81 bits per heavy atom. The molecule has 1 amide bonds. The normalized spacial score (nSPS) is 12.0. The molecule has 0 aliphatic rings. The largest absolute Gasteiger partial charge is 0.496 e. The average Bonchev–Trinajstić information content (AvgIpc) is 3.02. The highest BCUT2D eigenvalue weighted by Gasteiger charge is 2.45. The molecule has 0 atom stereocenters. The number of methoxy groups -OCH3 is 2. The van der Waals surface area contributed by atoms with Crippen LogP contribution >= 0.6 is 0 Å². The molecular weight excluding hydrogens is 773 g/mol. The van der Waals surface area contributed by atoms with Gasteiger partial charge in [-0.2, -0.15) is 43.2 Å². The Hall–Kier alpha value is -4.91. The number of rotatable bonds is 14. The zero-order valence-corrected chi connectivity index (χ0v) is 31.9. The highest BCUT2D eigenvalue weighted by atomic mass is 32.2. The van der Waals surface area contributed by atoms with E-state index >= 15 is 0 Å². The van der Waals surface area contributed by atoms with Gasteiger partial charge < -0.3 is 27.5 Å². The van der Waals surface area contributed by atoms with Crippen molar-refractivity contribution in [2.45, 2.75) is 40.0 Å². The molecule has 296 valence electrons. The minimum absolute atomic E-state index is 0.00969. The Morgan fingerprint density at radius 2 is 1.31 bits per heavy atom. The molecule has 0 N–H and O–H groups in total. The number of carbonyl (C=O) groups is 1. The molecule has 0 bridgehead atoms. The number of halogens is 6. The van der Waals surface area contributed by atoms with Gasteiger partial charge in [-0.05, 0) is 75.2 Å². The molecular formula is C35H37F6NO10S2. The number of anilines is 1. The maximum absolute atomic E-state index is 14.6. The number of benzene rings is 3. The van der Waals surface area contributed by atoms with Crippen molar-refractivity contribution in [1.29, 1.82) is 0 Å². The Labute approximate surface area is 309 Å². The topological polar surface area (TPSA) is 135 Å². The highest BCUT2D eigenvalue weighted by molar-refractivity contribution is 7.86. The van der Waals surface area contributed by atoms with Crippen molar-refractivity contribution in [3.8, 4) is 51.0 Å². The van der Waals surface area contributed by atoms with E-state index in [1.165, 1.54) is 32.0 Å². The van der Waals surface area contributed by atoms with Crippen LogP contribution in [0.4, 0.5) is 32.0 Å². The van der Waals surface area contributed by atoms with E-state index in [-0.39, 0.29) is 51.0 Å². The van der Waals surface area contributed by atoms with Crippen LogP contribution in [0.1, 0.15) is 33.3 Å². The Bertz CT molecular complexity index is 2170. The summed E-state index contributed by atoms with van der Waals surface area (Å²) in [7, 11) is -6.42. The Morgan fingerprint density at radius 1 is 0.722 bits per heavy atom. The lowest BCUT2D eigenvalue weighted by molar-refractivity contribution is -0.170. The van der Waals surface area contributed by atoms with E-state index in [0.717, 1.165) is 44.3 Å². The van der Waals surface area contributed by atoms with Crippen molar-refractivity contribution in [1.82, 2.24) is 0 Å². The molecule has 0 fully saturated rings. The van der Waals surface area contributed by atoms with Crippen LogP contribution in [0.5, 0.6) is 28.7 Å². The minimum Gasteiger partial charge on any atom is -0.496 e. The van der Waals surface area contributed by atoms with Crippen molar-refractivity contribution >= 4 is 31.8 Å². The molecule has 0 saturated carbocycles. The van der Waals surface area contributed by atoms with Crippen LogP contribution in [0.3, 0.4) is 0 Å². The number of hydrogen-bond acceptors (Lipinski definition) is 10. The van der Waals surface area contributed by atoms with E-state index in [1.807, 2.05) is 0 Å². The number of nitrogens with zero attached hydrogens (tertiary/aromatic N) is 1. The third-order valence-electron chi connectivity index (χ3n) is 7.14. The van der Waals surface area contributed by atoms with Gasteiger partial charge in [-0.1, -0.05) is 29.4 Å². The van der Waals surface area contributed by atoms with Crippen molar-refractivity contribution in [2.24, 2.45) is 0 Å². The summed E-state index contributed by atoms with van der Waals surface area (Å²) >= 11 is 0. The highest BCUT2D eigenvalue weighted by Crippen LogP contribution is 2.52. The fourth-order valence-electron chi connectivity index (χ4n) is 4.89. The number of carbonyl (C=O) groups excluding carboxylic acids is 1. The van der Waals surface area contributed by atoms with Gasteiger partial charge in [-0.25, -0.2) is 0 Å². The third kappa shape index (κ3) is 11.3. The fraction of sp³-hybridized carbons (Fsp3) is 0.343. The molecule has 54 heavy (non-hydrogen) atoms. The predicted molar refractivity (Wildman–Crippen MR) is 189 cm³/mol. The summed E-state index contributed by atoms with van der Waals surface area (Å²) in [6, 6.07) is 7.11. The van der Waals surface area contributed by atoms with Gasteiger partial charge in [0.1, 0.15) is 12.4 Å². The van der Waals surface area contributed by atoms with Crippen molar-refractivity contribution < 1.29 is 70.5 Å². The maximum Gasteiger partial charge on any atom is 0.471 e. The van der Waals surface area contributed by atoms with Crippen LogP contribution < -0.4 is 27.5 Å². The Balaban J connectivity index is 2.44. The van der Waals surface area contributed by atoms with Gasteiger partial charge in [-0.3, -0.25) is 4.79 Å². The molecule has 3 aromatic carbocycles. The van der Waals surface area contributed by atoms with Crippen molar-refractivity contribution in [3.05, 3.63) is 71.3 Å². The van der Waals surface area contributed by atoms with Crippen LogP contribution in [-0.4, -0.2) is 68.8 Å². The van der Waals surface area contributed by atoms with E-state index in [2.05, 4.69) is 0 Å². The first-order valence-electron chi connectivity index (χ1n) is 15.5. The summed E-state index contributed by atoms with van der Waals surface area (Å²) in [6.45, 7) is 5.76. The zero-order chi connectivity index (χ0) is 41.0. The van der Waals surface area contributed by atoms with Gasteiger partial charge in [0.15, 0.2) is 23.0 Å². The quantitative estimate of drug-likeness (QED) is 0.0898. The van der Waals surface area contributed by atoms with E-state index in [9.17, 15) is 48.0 Å². The standard InChI is InChI=1S/C35H37F6NO10S2/c1-20(2)13-15-42(33(43)35(39,40)41)26-11-9-22(17-25(26)34(36,37)38)24-19-29(48-5)30(32(31(24)49-6)52-54(8,46)47)23-10-12-27(50-16-14-21(3)4)28(18-23)51-53(7,44)45/h9-14,17-19H,15-16H2,1-8H3. The molecule has 0 aromatic heterocycles. The van der Waals surface area contributed by atoms with Gasteiger partial charge in [0.05, 0.1) is 43.5 Å². The smallest absolute Gasteiger partial charge is 0.471 e. The van der Waals surface area contributed by atoms with Gasteiger partial charge >= 0.3 is 38.5 Å². The molecule has 11 nitrogen and oxygen atoms in total. The second kappa shape index (κ2) is 16.6. The average molecular weight is 810 g/mol. The van der Waals surface area contributed by atoms with Crippen LogP contribution in [-0.2, 0) is 31.2 Å². The van der Waals surface area contributed by atoms with Crippen LogP contribution in [0.25, 0.3) is 22.3 Å². The molecule has 0 unspecified atom stereocenters. The zero-order valence-electron chi connectivity index (χ0n) is 30.2. The van der Waals surface area contributed by atoms with Crippen LogP contribution in [0.2, 0.25) is 0 Å². The number of amides is 1. The number of ether oxygens (including phenoxy) is 3. The first kappa shape index (κ1) is 43.5. The Kier molecular flexibility index (Phi) is 13.4. The molecule has 0 spiro atoms. The predicted octanol–water partition coefficient (Wildman–Crippen LogP) is 7.94. The lowest BCUT2D eigenvalue weighted by atomic mass is 9.94. The summed E-state index contributed by atoms with van der Waals surface area (Å²) < 4.78 is 161. The van der Waals surface area contributed by atoms with Crippen LogP contribution in [0, 0.1) is 0 Å². The molecule has 0 saturated heterocycles. The maximum atomic E-state index is 14.6. The summed E-state index contributed by atoms with van der Waals surface area (Å²) in [4.78, 5) is 12.3. The molecule has 0 aliphatic carbocycles. The number of alkyl halides is 6. The molecule has 3 rings (SSSR count). The van der Waals surface area contributed by atoms with Gasteiger partial charge in [0, 0.05) is 12.1 Å². The van der Waals surface area contributed by atoms with E-state index in [1.54, 1.807) is 19.9 Å². The summed E-state index contributed by atoms with van der Waals surface area (Å²) in [5.74, 6) is -4.23. The van der Waals surface area contributed by atoms with Gasteiger partial charge in [0.25, 0.3) is 0 Å². The number of hydrogen-bond donors (Lipinski definition) is 0. The van der Waals surface area contributed by atoms with E-state index in [4.69, 9.17) is 22.6 Å². The molecule has 0 aliphatic heterocycles. The molecule has 19 heteroatoms. The van der Waals surface area contributed by atoms with Crippen molar-refractivity contribution in [2.75, 3.05) is 44.8 Å². The molecule has 0 radical (unpaired) electrons. The van der Waals surface area contributed by atoms with Gasteiger partial charge in [0.2, 0.25) is 0 Å². The first-order chi connectivity index (χ1) is 24.8. The second-order valence-electron chi connectivity index (χ2n) is 12.1. The van der Waals surface area contributed by atoms with E-state index < -0.39 is 67.8 Å². The number of allylic oxidation sites excluding steroid dienone is 2. The summed E-state index contributed by atoms with van der Waals surface area (Å²) in [5, 5.41) is 0. The van der Waals surface area contributed by atoms with Crippen LogP contribution in [0.15, 0.2) is 65.8 Å². The third-order valence-corrected chi connectivity index (χ3v) is 8.09. The fourth-order valence-corrected chi connectivity index (χ4v) is 5.81. The first-order valence-corrected chi connectivity index (χ1v) is 19.1. The second-order valence-corrected chi connectivity index (χ2v) is 15.3. The summed E-state index contributed by atoms with van der Waals surface area (Å²) in [5.41, 5.74) is -2.24. The van der Waals surface area contributed by atoms with Gasteiger partial charge in [-0.15, -0.1) is 0 Å². The van der Waals surface area contributed by atoms with E-state index in [0.29, 0.717) is 24.0 Å². The van der Waals surface area contributed by atoms with Crippen molar-refractivity contribution in [3.63, 3.8) is 0 Å². The lowest BCUT2D eigenvalue weighted by Crippen LogP contribution is -2.42. The SMILES string of the molecule is COc1cc(-c2ccc(N(CC=C(C)C)C(=O)C(F)(F)F)c(C(F)(F)F)c2)c(OC)c(OS(C)(=O)=O)c1-c1ccc(OCC=C(C)C)c(OS(C)(=O)=O)c1. The molecule has 3 aromatic rings. The molecule has 0 heterocycles. The lowest BCUT2D eigenvalue weighted by Gasteiger charge is -2.27. The monoisotopic (exact) mass is 809 g/mol. The summed E-state index contributed by atoms with van der Waals surface area (Å²) in [6.07, 6.45) is -6.54. The minimum atomic E-state index is -5.52.